The van der Waals surface area contributed by atoms with Gasteiger partial charge < -0.3 is 14.8 Å². The SMILES string of the molecule is CCCC(OC(=O)NCC1CCCCC1)OC(=O)c1ccccc1. The van der Waals surface area contributed by atoms with E-state index in [2.05, 4.69) is 5.32 Å². The zero-order chi connectivity index (χ0) is 17.2. The first kappa shape index (κ1) is 18.3. The van der Waals surface area contributed by atoms with Crippen molar-refractivity contribution in [2.75, 3.05) is 6.54 Å². The second-order valence-corrected chi connectivity index (χ2v) is 6.28. The molecule has 1 aromatic rings. The van der Waals surface area contributed by atoms with E-state index in [9.17, 15) is 9.59 Å². The number of carbonyl (C=O) groups excluding carboxylic acids is 2. The van der Waals surface area contributed by atoms with Crippen LogP contribution in [0.3, 0.4) is 0 Å². The summed E-state index contributed by atoms with van der Waals surface area (Å²) in [7, 11) is 0. The Morgan fingerprint density at radius 3 is 2.50 bits per heavy atom. The first-order valence-corrected chi connectivity index (χ1v) is 8.89. The highest BCUT2D eigenvalue weighted by Gasteiger charge is 2.20. The van der Waals surface area contributed by atoms with Gasteiger partial charge in [-0.2, -0.15) is 0 Å². The van der Waals surface area contributed by atoms with Crippen LogP contribution in [-0.4, -0.2) is 24.9 Å². The summed E-state index contributed by atoms with van der Waals surface area (Å²) in [6.45, 7) is 2.58. The van der Waals surface area contributed by atoms with Gasteiger partial charge in [-0.25, -0.2) is 9.59 Å². The van der Waals surface area contributed by atoms with Crippen molar-refractivity contribution in [1.29, 1.82) is 0 Å². The van der Waals surface area contributed by atoms with Gasteiger partial charge in [0, 0.05) is 13.0 Å². The van der Waals surface area contributed by atoms with E-state index in [-0.39, 0.29) is 0 Å². The number of hydrogen-bond donors (Lipinski definition) is 1. The van der Waals surface area contributed by atoms with Crippen LogP contribution in [0.2, 0.25) is 0 Å². The van der Waals surface area contributed by atoms with E-state index in [1.54, 1.807) is 24.3 Å². The van der Waals surface area contributed by atoms with Crippen LogP contribution in [0, 0.1) is 5.92 Å². The standard InChI is InChI=1S/C19H27NO4/c1-2-9-17(23-18(21)16-12-7-4-8-13-16)24-19(22)20-14-15-10-5-3-6-11-15/h4,7-8,12-13,15,17H,2-3,5-6,9-11,14H2,1H3,(H,20,22). The molecule has 132 valence electrons. The van der Waals surface area contributed by atoms with E-state index < -0.39 is 18.4 Å². The molecule has 5 heteroatoms. The van der Waals surface area contributed by atoms with Crippen LogP contribution in [0.1, 0.15) is 62.2 Å². The van der Waals surface area contributed by atoms with E-state index in [4.69, 9.17) is 9.47 Å². The van der Waals surface area contributed by atoms with E-state index in [1.807, 2.05) is 13.0 Å². The molecule has 0 heterocycles. The Morgan fingerprint density at radius 1 is 1.12 bits per heavy atom. The molecule has 1 atom stereocenters. The Kier molecular flexibility index (Phi) is 7.59. The molecule has 1 aliphatic rings. The predicted octanol–water partition coefficient (Wildman–Crippen LogP) is 4.28. The first-order chi connectivity index (χ1) is 11.7. The molecule has 24 heavy (non-hydrogen) atoms. The lowest BCUT2D eigenvalue weighted by molar-refractivity contribution is -0.0754. The molecule has 2 rings (SSSR count). The van der Waals surface area contributed by atoms with Gasteiger partial charge in [-0.3, -0.25) is 0 Å². The van der Waals surface area contributed by atoms with Gasteiger partial charge in [0.2, 0.25) is 6.29 Å². The zero-order valence-corrected chi connectivity index (χ0v) is 14.3. The Balaban J connectivity index is 1.78. The number of carbonyl (C=O) groups is 2. The van der Waals surface area contributed by atoms with E-state index >= 15 is 0 Å². The first-order valence-electron chi connectivity index (χ1n) is 8.89. The van der Waals surface area contributed by atoms with Crippen molar-refractivity contribution in [3.05, 3.63) is 35.9 Å². The highest BCUT2D eigenvalue weighted by Crippen LogP contribution is 2.22. The van der Waals surface area contributed by atoms with Crippen LogP contribution in [0.25, 0.3) is 0 Å². The number of ether oxygens (including phenoxy) is 2. The minimum absolute atomic E-state index is 0.449. The van der Waals surface area contributed by atoms with Gasteiger partial charge in [0.15, 0.2) is 0 Å². The lowest BCUT2D eigenvalue weighted by Gasteiger charge is -2.23. The summed E-state index contributed by atoms with van der Waals surface area (Å²) < 4.78 is 10.6. The molecule has 1 aliphatic carbocycles. The van der Waals surface area contributed by atoms with Crippen LogP contribution >= 0.6 is 0 Å². The van der Waals surface area contributed by atoms with Crippen molar-refractivity contribution in [3.63, 3.8) is 0 Å². The molecule has 0 bridgehead atoms. The maximum absolute atomic E-state index is 12.1. The molecule has 1 saturated carbocycles. The molecule has 0 aromatic heterocycles. The zero-order valence-electron chi connectivity index (χ0n) is 14.3. The summed E-state index contributed by atoms with van der Waals surface area (Å²) in [5, 5.41) is 2.80. The van der Waals surface area contributed by atoms with Gasteiger partial charge >= 0.3 is 12.1 Å². The maximum atomic E-state index is 12.1. The van der Waals surface area contributed by atoms with E-state index in [1.165, 1.54) is 19.3 Å². The smallest absolute Gasteiger partial charge is 0.410 e. The number of hydrogen-bond acceptors (Lipinski definition) is 4. The van der Waals surface area contributed by atoms with Crippen molar-refractivity contribution in [2.45, 2.75) is 58.2 Å². The van der Waals surface area contributed by atoms with E-state index in [0.717, 1.165) is 19.3 Å². The van der Waals surface area contributed by atoms with Crippen LogP contribution in [0.15, 0.2) is 30.3 Å². The summed E-state index contributed by atoms with van der Waals surface area (Å²) in [6, 6.07) is 8.71. The summed E-state index contributed by atoms with van der Waals surface area (Å²) in [5.74, 6) is 0.0527. The second-order valence-electron chi connectivity index (χ2n) is 6.28. The molecule has 0 aliphatic heterocycles. The average Bonchev–Trinajstić information content (AvgIpc) is 2.62. The number of rotatable bonds is 7. The molecule has 0 radical (unpaired) electrons. The van der Waals surface area contributed by atoms with Gasteiger partial charge in [-0.15, -0.1) is 0 Å². The molecule has 5 nitrogen and oxygen atoms in total. The largest absolute Gasteiger partial charge is 0.421 e. The molecule has 0 spiro atoms. The Morgan fingerprint density at radius 2 is 1.83 bits per heavy atom. The fourth-order valence-electron chi connectivity index (χ4n) is 2.92. The summed E-state index contributed by atoms with van der Waals surface area (Å²) >= 11 is 0. The topological polar surface area (TPSA) is 64.6 Å². The van der Waals surface area contributed by atoms with Gasteiger partial charge in [-0.1, -0.05) is 44.4 Å². The molecule has 1 N–H and O–H groups in total. The van der Waals surface area contributed by atoms with Gasteiger partial charge in [-0.05, 0) is 37.3 Å². The summed E-state index contributed by atoms with van der Waals surface area (Å²) in [5.41, 5.74) is 0.449. The summed E-state index contributed by atoms with van der Waals surface area (Å²) in [6.07, 6.45) is 5.92. The third kappa shape index (κ3) is 6.22. The fourth-order valence-corrected chi connectivity index (χ4v) is 2.92. The predicted molar refractivity (Wildman–Crippen MR) is 91.6 cm³/mol. The van der Waals surface area contributed by atoms with Gasteiger partial charge in [0.25, 0.3) is 0 Å². The number of esters is 1. The van der Waals surface area contributed by atoms with Crippen molar-refractivity contribution >= 4 is 12.1 Å². The van der Waals surface area contributed by atoms with Crippen molar-refractivity contribution in [1.82, 2.24) is 5.32 Å². The molecule has 1 fully saturated rings. The average molecular weight is 333 g/mol. The van der Waals surface area contributed by atoms with Gasteiger partial charge in [0.05, 0.1) is 5.56 Å². The molecule has 1 amide bonds. The van der Waals surface area contributed by atoms with Crippen LogP contribution in [-0.2, 0) is 9.47 Å². The quantitative estimate of drug-likeness (QED) is 0.597. The maximum Gasteiger partial charge on any atom is 0.410 e. The number of nitrogens with one attached hydrogen (secondary N) is 1. The summed E-state index contributed by atoms with van der Waals surface area (Å²) in [4.78, 5) is 24.0. The molecule has 0 saturated heterocycles. The normalized spacial score (nSPS) is 16.2. The Hall–Kier alpha value is -2.04. The molecular weight excluding hydrogens is 306 g/mol. The minimum atomic E-state index is -0.853. The van der Waals surface area contributed by atoms with E-state index in [0.29, 0.717) is 24.4 Å². The minimum Gasteiger partial charge on any atom is -0.421 e. The van der Waals surface area contributed by atoms with Crippen molar-refractivity contribution in [3.8, 4) is 0 Å². The Labute approximate surface area is 143 Å². The number of benzene rings is 1. The fraction of sp³-hybridized carbons (Fsp3) is 0.579. The number of amides is 1. The lowest BCUT2D eigenvalue weighted by Crippen LogP contribution is -2.35. The van der Waals surface area contributed by atoms with Crippen molar-refractivity contribution in [2.24, 2.45) is 5.92 Å². The Bertz CT molecular complexity index is 511. The van der Waals surface area contributed by atoms with Crippen molar-refractivity contribution < 1.29 is 19.1 Å². The van der Waals surface area contributed by atoms with Gasteiger partial charge in [0.1, 0.15) is 0 Å². The molecular formula is C19H27NO4. The molecule has 1 aromatic carbocycles. The number of alkyl carbamates (subject to hydrolysis) is 1. The third-order valence-corrected chi connectivity index (χ3v) is 4.27. The van der Waals surface area contributed by atoms with Crippen LogP contribution in [0.4, 0.5) is 4.79 Å². The van der Waals surface area contributed by atoms with Crippen LogP contribution < -0.4 is 5.32 Å². The van der Waals surface area contributed by atoms with Crippen LogP contribution in [0.5, 0.6) is 0 Å². The lowest BCUT2D eigenvalue weighted by atomic mass is 9.89. The highest BCUT2D eigenvalue weighted by atomic mass is 16.7. The third-order valence-electron chi connectivity index (χ3n) is 4.27. The second kappa shape index (κ2) is 9.96. The highest BCUT2D eigenvalue weighted by molar-refractivity contribution is 5.89. The monoisotopic (exact) mass is 333 g/mol. The molecule has 1 unspecified atom stereocenters.